The summed E-state index contributed by atoms with van der Waals surface area (Å²) in [6.07, 6.45) is 11.8. The van der Waals surface area contributed by atoms with Gasteiger partial charge in [-0.15, -0.1) is 0 Å². The molecule has 0 radical (unpaired) electrons. The first-order valence-electron chi connectivity index (χ1n) is 8.61. The van der Waals surface area contributed by atoms with Gasteiger partial charge in [0.2, 0.25) is 0 Å². The molecule has 0 saturated heterocycles. The Hall–Kier alpha value is -0.0800. The van der Waals surface area contributed by atoms with Crippen LogP contribution >= 0.6 is 0 Å². The molecule has 0 unspecified atom stereocenters. The molecule has 0 aromatic carbocycles. The van der Waals surface area contributed by atoms with Gasteiger partial charge >= 0.3 is 0 Å². The lowest BCUT2D eigenvalue weighted by Crippen LogP contribution is -2.46. The predicted molar refractivity (Wildman–Crippen MR) is 83.6 cm³/mol. The van der Waals surface area contributed by atoms with E-state index in [-0.39, 0.29) is 5.60 Å². The predicted octanol–water partition coefficient (Wildman–Crippen LogP) is 4.53. The molecule has 1 aliphatic rings. The third-order valence-electron chi connectivity index (χ3n) is 4.57. The molecule has 0 aliphatic heterocycles. The number of hydrogen-bond donors (Lipinski definition) is 1. The van der Waals surface area contributed by atoms with E-state index >= 15 is 0 Å². The Bertz CT molecular complexity index is 204. The first-order chi connectivity index (χ1) is 9.26. The molecule has 2 nitrogen and oxygen atoms in total. The fraction of sp³-hybridized carbons (Fsp3) is 1.00. The lowest BCUT2D eigenvalue weighted by Gasteiger charge is -2.40. The van der Waals surface area contributed by atoms with E-state index in [9.17, 15) is 0 Å². The van der Waals surface area contributed by atoms with E-state index < -0.39 is 0 Å². The zero-order valence-electron chi connectivity index (χ0n) is 13.5. The Kier molecular flexibility index (Phi) is 8.72. The van der Waals surface area contributed by atoms with E-state index in [2.05, 4.69) is 26.1 Å². The summed E-state index contributed by atoms with van der Waals surface area (Å²) in [7, 11) is 0. The average molecular weight is 269 g/mol. The van der Waals surface area contributed by atoms with Crippen molar-refractivity contribution in [3.8, 4) is 0 Å². The molecule has 0 aromatic rings. The van der Waals surface area contributed by atoms with Gasteiger partial charge in [-0.2, -0.15) is 0 Å². The summed E-state index contributed by atoms with van der Waals surface area (Å²) < 4.78 is 6.34. The molecule has 0 heterocycles. The van der Waals surface area contributed by atoms with Gasteiger partial charge in [-0.3, -0.25) is 0 Å². The van der Waals surface area contributed by atoms with Gasteiger partial charge in [0, 0.05) is 13.2 Å². The van der Waals surface area contributed by atoms with Crippen LogP contribution in [0.5, 0.6) is 0 Å². The topological polar surface area (TPSA) is 21.3 Å². The van der Waals surface area contributed by atoms with Gasteiger partial charge < -0.3 is 10.1 Å². The van der Waals surface area contributed by atoms with Crippen LogP contribution in [-0.4, -0.2) is 25.3 Å². The zero-order valence-corrected chi connectivity index (χ0v) is 13.5. The second-order valence-corrected chi connectivity index (χ2v) is 6.25. The van der Waals surface area contributed by atoms with E-state index in [1.54, 1.807) is 0 Å². The Morgan fingerprint density at radius 3 is 2.37 bits per heavy atom. The summed E-state index contributed by atoms with van der Waals surface area (Å²) >= 11 is 0. The highest BCUT2D eigenvalue weighted by Crippen LogP contribution is 2.36. The fourth-order valence-electron chi connectivity index (χ4n) is 3.27. The standard InChI is InChI=1S/C17H35NO/c1-4-7-8-14-19-17(15-18-6-3)12-10-16(9-5-2)11-13-17/h16,18H,4-15H2,1-3H3. The number of hydrogen-bond acceptors (Lipinski definition) is 2. The van der Waals surface area contributed by atoms with Gasteiger partial charge in [0.05, 0.1) is 5.60 Å². The Labute approximate surface area is 120 Å². The first kappa shape index (κ1) is 17.0. The van der Waals surface area contributed by atoms with E-state index in [1.807, 2.05) is 0 Å². The maximum atomic E-state index is 6.34. The molecule has 1 N–H and O–H groups in total. The molecular weight excluding hydrogens is 234 g/mol. The molecule has 0 bridgehead atoms. The summed E-state index contributed by atoms with van der Waals surface area (Å²) in [5.74, 6) is 0.957. The minimum atomic E-state index is 0.147. The highest BCUT2D eigenvalue weighted by molar-refractivity contribution is 4.89. The maximum Gasteiger partial charge on any atom is 0.0806 e. The minimum Gasteiger partial charge on any atom is -0.374 e. The van der Waals surface area contributed by atoms with Gasteiger partial charge in [-0.1, -0.05) is 46.5 Å². The third-order valence-corrected chi connectivity index (χ3v) is 4.57. The molecule has 114 valence electrons. The monoisotopic (exact) mass is 269 g/mol. The van der Waals surface area contributed by atoms with E-state index in [0.717, 1.165) is 25.6 Å². The second-order valence-electron chi connectivity index (χ2n) is 6.25. The van der Waals surface area contributed by atoms with Crippen LogP contribution < -0.4 is 5.32 Å². The summed E-state index contributed by atoms with van der Waals surface area (Å²) in [6.45, 7) is 9.81. The SMILES string of the molecule is CCCCCOC1(CNCC)CCC(CCC)CC1. The van der Waals surface area contributed by atoms with Gasteiger partial charge in [-0.25, -0.2) is 0 Å². The molecule has 19 heavy (non-hydrogen) atoms. The van der Waals surface area contributed by atoms with Crippen LogP contribution in [0.2, 0.25) is 0 Å². The van der Waals surface area contributed by atoms with Crippen molar-refractivity contribution in [2.75, 3.05) is 19.7 Å². The van der Waals surface area contributed by atoms with Crippen molar-refractivity contribution in [2.45, 2.75) is 84.2 Å². The third kappa shape index (κ3) is 6.27. The Morgan fingerprint density at radius 2 is 1.79 bits per heavy atom. The van der Waals surface area contributed by atoms with Crippen LogP contribution in [0.1, 0.15) is 78.6 Å². The lowest BCUT2D eigenvalue weighted by atomic mass is 9.77. The van der Waals surface area contributed by atoms with Gasteiger partial charge in [-0.05, 0) is 44.6 Å². The molecule has 1 rings (SSSR count). The smallest absolute Gasteiger partial charge is 0.0806 e. The first-order valence-corrected chi connectivity index (χ1v) is 8.61. The minimum absolute atomic E-state index is 0.147. The molecule has 0 atom stereocenters. The molecule has 1 saturated carbocycles. The number of ether oxygens (including phenoxy) is 1. The van der Waals surface area contributed by atoms with Crippen LogP contribution in [0.15, 0.2) is 0 Å². The van der Waals surface area contributed by atoms with Crippen molar-refractivity contribution in [3.05, 3.63) is 0 Å². The zero-order chi connectivity index (χ0) is 14.0. The molecular formula is C17H35NO. The molecule has 0 aromatic heterocycles. The van der Waals surface area contributed by atoms with Crippen molar-refractivity contribution < 1.29 is 4.74 Å². The van der Waals surface area contributed by atoms with Crippen molar-refractivity contribution in [1.82, 2.24) is 5.32 Å². The molecule has 1 fully saturated rings. The molecule has 0 amide bonds. The van der Waals surface area contributed by atoms with Crippen LogP contribution in [-0.2, 0) is 4.74 Å². The van der Waals surface area contributed by atoms with Crippen molar-refractivity contribution in [1.29, 1.82) is 0 Å². The van der Waals surface area contributed by atoms with E-state index in [4.69, 9.17) is 4.74 Å². The molecule has 1 aliphatic carbocycles. The summed E-state index contributed by atoms with van der Waals surface area (Å²) in [4.78, 5) is 0. The lowest BCUT2D eigenvalue weighted by molar-refractivity contribution is -0.0777. The maximum absolute atomic E-state index is 6.34. The Balaban J connectivity index is 2.38. The van der Waals surface area contributed by atoms with Gasteiger partial charge in [0.25, 0.3) is 0 Å². The number of unbranched alkanes of at least 4 members (excludes halogenated alkanes) is 2. The number of rotatable bonds is 10. The van der Waals surface area contributed by atoms with Gasteiger partial charge in [0.15, 0.2) is 0 Å². The number of likely N-dealkylation sites (N-methyl/N-ethyl adjacent to an activating group) is 1. The van der Waals surface area contributed by atoms with E-state index in [1.165, 1.54) is 57.8 Å². The van der Waals surface area contributed by atoms with Crippen molar-refractivity contribution in [3.63, 3.8) is 0 Å². The van der Waals surface area contributed by atoms with Crippen LogP contribution in [0, 0.1) is 5.92 Å². The normalized spacial score (nSPS) is 27.6. The van der Waals surface area contributed by atoms with Crippen LogP contribution in [0.4, 0.5) is 0 Å². The van der Waals surface area contributed by atoms with Gasteiger partial charge in [0.1, 0.15) is 0 Å². The Morgan fingerprint density at radius 1 is 1.05 bits per heavy atom. The summed E-state index contributed by atoms with van der Waals surface area (Å²) in [5.41, 5.74) is 0.147. The highest BCUT2D eigenvalue weighted by Gasteiger charge is 2.35. The quantitative estimate of drug-likeness (QED) is 0.588. The molecule has 0 spiro atoms. The fourth-order valence-corrected chi connectivity index (χ4v) is 3.27. The highest BCUT2D eigenvalue weighted by atomic mass is 16.5. The second kappa shape index (κ2) is 9.77. The van der Waals surface area contributed by atoms with Crippen molar-refractivity contribution >= 4 is 0 Å². The van der Waals surface area contributed by atoms with Crippen LogP contribution in [0.25, 0.3) is 0 Å². The summed E-state index contributed by atoms with van der Waals surface area (Å²) in [6, 6.07) is 0. The van der Waals surface area contributed by atoms with Crippen LogP contribution in [0.3, 0.4) is 0 Å². The summed E-state index contributed by atoms with van der Waals surface area (Å²) in [5, 5.41) is 3.52. The number of nitrogens with one attached hydrogen (secondary N) is 1. The van der Waals surface area contributed by atoms with E-state index in [0.29, 0.717) is 0 Å². The average Bonchev–Trinajstić information content (AvgIpc) is 2.44. The van der Waals surface area contributed by atoms with Crippen molar-refractivity contribution in [2.24, 2.45) is 5.92 Å². The largest absolute Gasteiger partial charge is 0.374 e. The molecule has 2 heteroatoms.